The summed E-state index contributed by atoms with van der Waals surface area (Å²) in [5, 5.41) is 1.08. The fourth-order valence-electron chi connectivity index (χ4n) is 2.53. The summed E-state index contributed by atoms with van der Waals surface area (Å²) in [5.74, 6) is 0.253. The molecule has 2 aromatic rings. The average Bonchev–Trinajstić information content (AvgIpc) is 2.97. The van der Waals surface area contributed by atoms with Crippen LogP contribution in [0.3, 0.4) is 0 Å². The van der Waals surface area contributed by atoms with Gasteiger partial charge in [-0.2, -0.15) is 0 Å². The third-order valence-corrected chi connectivity index (χ3v) is 5.59. The summed E-state index contributed by atoms with van der Waals surface area (Å²) in [4.78, 5) is 22.0. The lowest BCUT2D eigenvalue weighted by Crippen LogP contribution is -2.48. The van der Waals surface area contributed by atoms with Crippen LogP contribution in [0.1, 0.15) is 13.3 Å². The van der Waals surface area contributed by atoms with Gasteiger partial charge in [-0.15, -0.1) is 11.8 Å². The molecule has 0 atom stereocenters. The van der Waals surface area contributed by atoms with Gasteiger partial charge in [-0.3, -0.25) is 4.79 Å². The molecule has 0 unspecified atom stereocenters. The van der Waals surface area contributed by atoms with Crippen molar-refractivity contribution < 1.29 is 4.79 Å². The second-order valence-electron chi connectivity index (χ2n) is 5.05. The summed E-state index contributed by atoms with van der Waals surface area (Å²) < 4.78 is 1.24. The zero-order chi connectivity index (χ0) is 14.8. The number of thiazole rings is 1. The van der Waals surface area contributed by atoms with Crippen molar-refractivity contribution in [2.24, 2.45) is 0 Å². The zero-order valence-corrected chi connectivity index (χ0v) is 14.0. The largest absolute Gasteiger partial charge is 0.345 e. The van der Waals surface area contributed by atoms with Crippen molar-refractivity contribution in [2.75, 3.05) is 37.3 Å². The molecular weight excluding hydrogens is 302 g/mol. The Hall–Kier alpha value is -1.27. The number of thioether (sulfide) groups is 1. The maximum Gasteiger partial charge on any atom is 0.222 e. The Kier molecular flexibility index (Phi) is 4.35. The molecule has 0 N–H and O–H groups in total. The molecule has 1 saturated heterocycles. The highest BCUT2D eigenvalue weighted by Gasteiger charge is 2.22. The van der Waals surface area contributed by atoms with Crippen LogP contribution < -0.4 is 4.90 Å². The molecule has 1 fully saturated rings. The van der Waals surface area contributed by atoms with Crippen LogP contribution in [0.5, 0.6) is 0 Å². The minimum atomic E-state index is 0.253. The van der Waals surface area contributed by atoms with Gasteiger partial charge in [-0.1, -0.05) is 18.3 Å². The number of anilines is 1. The molecule has 2 heterocycles. The molecule has 1 aromatic carbocycles. The first kappa shape index (κ1) is 14.7. The highest BCUT2D eigenvalue weighted by atomic mass is 32.2. The molecule has 4 nitrogen and oxygen atoms in total. The number of amides is 1. The van der Waals surface area contributed by atoms with Crippen LogP contribution in [-0.2, 0) is 4.79 Å². The standard InChI is InChI=1S/C15H19N3OS2/c1-3-14(19)17-6-8-18(9-7-17)15-16-12-5-4-11(20-2)10-13(12)21-15/h4-5,10H,3,6-9H2,1-2H3. The van der Waals surface area contributed by atoms with E-state index in [9.17, 15) is 4.79 Å². The lowest BCUT2D eigenvalue weighted by molar-refractivity contribution is -0.131. The number of rotatable bonds is 3. The van der Waals surface area contributed by atoms with Gasteiger partial charge in [-0.25, -0.2) is 4.98 Å². The highest BCUT2D eigenvalue weighted by Crippen LogP contribution is 2.31. The average molecular weight is 321 g/mol. The predicted molar refractivity (Wildman–Crippen MR) is 90.5 cm³/mol. The van der Waals surface area contributed by atoms with Crippen molar-refractivity contribution in [3.05, 3.63) is 18.2 Å². The van der Waals surface area contributed by atoms with E-state index in [1.165, 1.54) is 9.60 Å². The van der Waals surface area contributed by atoms with Crippen LogP contribution in [0.2, 0.25) is 0 Å². The molecule has 0 radical (unpaired) electrons. The third kappa shape index (κ3) is 3.01. The van der Waals surface area contributed by atoms with E-state index in [1.54, 1.807) is 23.1 Å². The van der Waals surface area contributed by atoms with Crippen molar-refractivity contribution in [3.63, 3.8) is 0 Å². The number of benzene rings is 1. The van der Waals surface area contributed by atoms with Gasteiger partial charge >= 0.3 is 0 Å². The number of hydrogen-bond donors (Lipinski definition) is 0. The van der Waals surface area contributed by atoms with E-state index in [0.29, 0.717) is 6.42 Å². The monoisotopic (exact) mass is 321 g/mol. The summed E-state index contributed by atoms with van der Waals surface area (Å²) in [6.07, 6.45) is 2.69. The van der Waals surface area contributed by atoms with E-state index in [2.05, 4.69) is 29.4 Å². The number of nitrogens with zero attached hydrogens (tertiary/aromatic N) is 3. The zero-order valence-electron chi connectivity index (χ0n) is 12.3. The Morgan fingerprint density at radius 2 is 2.10 bits per heavy atom. The number of carbonyl (C=O) groups is 1. The quantitative estimate of drug-likeness (QED) is 0.814. The van der Waals surface area contributed by atoms with E-state index in [1.807, 2.05) is 11.8 Å². The molecule has 1 aromatic heterocycles. The first-order valence-electron chi connectivity index (χ1n) is 7.18. The van der Waals surface area contributed by atoms with Gasteiger partial charge in [0.2, 0.25) is 5.91 Å². The van der Waals surface area contributed by atoms with Gasteiger partial charge in [-0.05, 0) is 24.5 Å². The Morgan fingerprint density at radius 1 is 1.33 bits per heavy atom. The summed E-state index contributed by atoms with van der Waals surface area (Å²) in [6, 6.07) is 6.42. The van der Waals surface area contributed by atoms with E-state index >= 15 is 0 Å². The molecule has 1 aliphatic rings. The molecule has 0 bridgehead atoms. The predicted octanol–water partition coefficient (Wildman–Crippen LogP) is 3.08. The van der Waals surface area contributed by atoms with Gasteiger partial charge in [0.1, 0.15) is 0 Å². The van der Waals surface area contributed by atoms with E-state index < -0.39 is 0 Å². The number of hydrogen-bond acceptors (Lipinski definition) is 5. The molecule has 0 spiro atoms. The smallest absolute Gasteiger partial charge is 0.222 e. The van der Waals surface area contributed by atoms with Crippen LogP contribution in [0.25, 0.3) is 10.2 Å². The molecule has 0 saturated carbocycles. The van der Waals surface area contributed by atoms with Crippen LogP contribution in [-0.4, -0.2) is 48.2 Å². The minimum Gasteiger partial charge on any atom is -0.345 e. The van der Waals surface area contributed by atoms with Gasteiger partial charge in [0, 0.05) is 37.5 Å². The van der Waals surface area contributed by atoms with Crippen molar-refractivity contribution in [1.29, 1.82) is 0 Å². The van der Waals surface area contributed by atoms with E-state index in [0.717, 1.165) is 36.8 Å². The number of piperazine rings is 1. The lowest BCUT2D eigenvalue weighted by Gasteiger charge is -2.34. The second kappa shape index (κ2) is 6.23. The van der Waals surface area contributed by atoms with Gasteiger partial charge < -0.3 is 9.80 Å². The van der Waals surface area contributed by atoms with Crippen LogP contribution in [0.4, 0.5) is 5.13 Å². The Morgan fingerprint density at radius 3 is 2.76 bits per heavy atom. The molecule has 6 heteroatoms. The summed E-state index contributed by atoms with van der Waals surface area (Å²) in [6.45, 7) is 5.28. The maximum atomic E-state index is 11.7. The number of aromatic nitrogens is 1. The molecule has 112 valence electrons. The summed E-state index contributed by atoms with van der Waals surface area (Å²) >= 11 is 3.50. The number of fused-ring (bicyclic) bond motifs is 1. The molecule has 1 amide bonds. The van der Waals surface area contributed by atoms with E-state index in [-0.39, 0.29) is 5.91 Å². The van der Waals surface area contributed by atoms with Gasteiger partial charge in [0.25, 0.3) is 0 Å². The number of carbonyl (C=O) groups excluding carboxylic acids is 1. The van der Waals surface area contributed by atoms with Crippen molar-refractivity contribution >= 4 is 44.4 Å². The topological polar surface area (TPSA) is 36.4 Å². The summed E-state index contributed by atoms with van der Waals surface area (Å²) in [7, 11) is 0. The van der Waals surface area contributed by atoms with Crippen molar-refractivity contribution in [1.82, 2.24) is 9.88 Å². The van der Waals surface area contributed by atoms with Crippen LogP contribution in [0.15, 0.2) is 23.1 Å². The second-order valence-corrected chi connectivity index (χ2v) is 6.94. The summed E-state index contributed by atoms with van der Waals surface area (Å²) in [5.41, 5.74) is 1.07. The van der Waals surface area contributed by atoms with Crippen LogP contribution in [0, 0.1) is 0 Å². The van der Waals surface area contributed by atoms with Gasteiger partial charge in [0.15, 0.2) is 5.13 Å². The normalized spacial score (nSPS) is 15.7. The van der Waals surface area contributed by atoms with Gasteiger partial charge in [0.05, 0.1) is 10.2 Å². The maximum absolute atomic E-state index is 11.7. The molecule has 1 aliphatic heterocycles. The molecule has 3 rings (SSSR count). The Bertz CT molecular complexity index is 647. The highest BCUT2D eigenvalue weighted by molar-refractivity contribution is 7.98. The fourth-order valence-corrected chi connectivity index (χ4v) is 4.10. The fraction of sp³-hybridized carbons (Fsp3) is 0.467. The van der Waals surface area contributed by atoms with Crippen molar-refractivity contribution in [2.45, 2.75) is 18.2 Å². The first-order chi connectivity index (χ1) is 10.2. The first-order valence-corrected chi connectivity index (χ1v) is 9.22. The van der Waals surface area contributed by atoms with Crippen molar-refractivity contribution in [3.8, 4) is 0 Å². The Labute approximate surface area is 133 Å². The lowest BCUT2D eigenvalue weighted by atomic mass is 10.3. The third-order valence-electron chi connectivity index (χ3n) is 3.79. The minimum absolute atomic E-state index is 0.253. The SMILES string of the molecule is CCC(=O)N1CCN(c2nc3ccc(SC)cc3s2)CC1. The Balaban J connectivity index is 1.74. The molecular formula is C15H19N3OS2. The van der Waals surface area contributed by atoms with E-state index in [4.69, 9.17) is 4.98 Å². The van der Waals surface area contributed by atoms with Crippen LogP contribution >= 0.6 is 23.1 Å². The molecule has 0 aliphatic carbocycles. The molecule has 21 heavy (non-hydrogen) atoms.